The number of anilines is 1. The molecule has 1 N–H and O–H groups in total. The lowest BCUT2D eigenvalue weighted by atomic mass is 10.2. The molecule has 0 bridgehead atoms. The number of nitrogens with one attached hydrogen (secondary N) is 1. The van der Waals surface area contributed by atoms with E-state index in [-0.39, 0.29) is 18.9 Å². The van der Waals surface area contributed by atoms with Crippen molar-refractivity contribution < 1.29 is 19.3 Å². The van der Waals surface area contributed by atoms with E-state index in [1.807, 2.05) is 31.2 Å². The topological polar surface area (TPSA) is 103 Å². The molecule has 130 valence electrons. The van der Waals surface area contributed by atoms with Gasteiger partial charge in [0.25, 0.3) is 11.6 Å². The van der Waals surface area contributed by atoms with Crippen molar-refractivity contribution in [1.29, 1.82) is 0 Å². The summed E-state index contributed by atoms with van der Waals surface area (Å²) in [5.74, 6) is 0.168. The van der Waals surface area contributed by atoms with Gasteiger partial charge in [0.05, 0.1) is 4.92 Å². The molecule has 0 aromatic heterocycles. The van der Waals surface area contributed by atoms with Crippen LogP contribution in [0.5, 0.6) is 5.75 Å². The van der Waals surface area contributed by atoms with E-state index in [1.165, 1.54) is 24.3 Å². The van der Waals surface area contributed by atoms with Crippen LogP contribution < -0.4 is 10.1 Å². The van der Waals surface area contributed by atoms with Crippen molar-refractivity contribution in [1.82, 2.24) is 0 Å². The second-order valence-electron chi connectivity index (χ2n) is 5.03. The van der Waals surface area contributed by atoms with Crippen LogP contribution in [0.2, 0.25) is 0 Å². The van der Waals surface area contributed by atoms with Gasteiger partial charge in [-0.15, -0.1) is 0 Å². The molecule has 0 spiro atoms. The molecule has 2 rings (SSSR count). The number of aryl methyl sites for hydroxylation is 1. The Morgan fingerprint density at radius 1 is 1.24 bits per heavy atom. The van der Waals surface area contributed by atoms with E-state index in [4.69, 9.17) is 9.57 Å². The summed E-state index contributed by atoms with van der Waals surface area (Å²) in [6.07, 6.45) is 0.949. The van der Waals surface area contributed by atoms with Gasteiger partial charge in [0.15, 0.2) is 6.61 Å². The van der Waals surface area contributed by atoms with Crippen LogP contribution in [0.25, 0.3) is 0 Å². The largest absolute Gasteiger partial charge is 0.490 e. The van der Waals surface area contributed by atoms with Crippen LogP contribution in [0.3, 0.4) is 0 Å². The highest BCUT2D eigenvalue weighted by Gasteiger charge is 2.06. The summed E-state index contributed by atoms with van der Waals surface area (Å²) in [4.78, 5) is 26.7. The van der Waals surface area contributed by atoms with Crippen LogP contribution >= 0.6 is 0 Å². The fraction of sp³-hybridized carbons (Fsp3) is 0.176. The minimum absolute atomic E-state index is 0.112. The van der Waals surface area contributed by atoms with Gasteiger partial charge in [-0.2, -0.15) is 0 Å². The Kier molecular flexibility index (Phi) is 6.47. The normalized spacial score (nSPS) is 10.4. The number of rotatable bonds is 8. The molecular weight excluding hydrogens is 326 g/mol. The number of non-ortho nitro benzene ring substituents is 1. The Morgan fingerprint density at radius 3 is 2.72 bits per heavy atom. The molecule has 1 amide bonds. The smallest absolute Gasteiger partial charge is 0.271 e. The number of amides is 1. The molecule has 8 nitrogen and oxygen atoms in total. The second kappa shape index (κ2) is 9.02. The maximum absolute atomic E-state index is 11.6. The zero-order valence-electron chi connectivity index (χ0n) is 13.5. The number of hydrogen-bond donors (Lipinski definition) is 1. The van der Waals surface area contributed by atoms with E-state index < -0.39 is 10.8 Å². The van der Waals surface area contributed by atoms with Crippen LogP contribution in [0, 0.1) is 17.0 Å². The molecule has 0 atom stereocenters. The summed E-state index contributed by atoms with van der Waals surface area (Å²) in [7, 11) is 0. The monoisotopic (exact) mass is 343 g/mol. The Bertz CT molecular complexity index is 759. The summed E-state index contributed by atoms with van der Waals surface area (Å²) in [6, 6.07) is 13.2. The summed E-state index contributed by atoms with van der Waals surface area (Å²) >= 11 is 0. The standard InChI is InChI=1S/C17H17N3O5/c1-13-5-7-16(8-6-13)24-9-10-25-18-12-17(21)19-14-3-2-4-15(11-14)20(22)23/h2-8,11-12H,9-10H2,1H3,(H,19,21)/b18-12-. The van der Waals surface area contributed by atoms with Crippen molar-refractivity contribution in [2.75, 3.05) is 18.5 Å². The predicted octanol–water partition coefficient (Wildman–Crippen LogP) is 2.92. The van der Waals surface area contributed by atoms with E-state index in [1.54, 1.807) is 0 Å². The van der Waals surface area contributed by atoms with Gasteiger partial charge in [-0.1, -0.05) is 28.9 Å². The predicted molar refractivity (Wildman–Crippen MR) is 92.8 cm³/mol. The highest BCUT2D eigenvalue weighted by atomic mass is 16.6. The molecule has 0 heterocycles. The zero-order chi connectivity index (χ0) is 18.1. The van der Waals surface area contributed by atoms with Gasteiger partial charge in [0, 0.05) is 17.8 Å². The van der Waals surface area contributed by atoms with Crippen molar-refractivity contribution in [2.24, 2.45) is 5.16 Å². The van der Waals surface area contributed by atoms with Gasteiger partial charge in [0.1, 0.15) is 18.6 Å². The van der Waals surface area contributed by atoms with Crippen LogP contribution in [0.4, 0.5) is 11.4 Å². The summed E-state index contributed by atoms with van der Waals surface area (Å²) in [5.41, 5.74) is 1.33. The minimum atomic E-state index is -0.556. The van der Waals surface area contributed by atoms with E-state index in [9.17, 15) is 14.9 Å². The molecular formula is C17H17N3O5. The van der Waals surface area contributed by atoms with Gasteiger partial charge in [-0.05, 0) is 25.1 Å². The van der Waals surface area contributed by atoms with E-state index >= 15 is 0 Å². The lowest BCUT2D eigenvalue weighted by molar-refractivity contribution is -0.384. The Hall–Kier alpha value is -3.42. The molecule has 2 aromatic carbocycles. The minimum Gasteiger partial charge on any atom is -0.490 e. The Labute approximate surface area is 144 Å². The molecule has 0 saturated carbocycles. The number of carbonyl (C=O) groups is 1. The maximum Gasteiger partial charge on any atom is 0.271 e. The van der Waals surface area contributed by atoms with Gasteiger partial charge >= 0.3 is 0 Å². The number of hydrogen-bond acceptors (Lipinski definition) is 6. The van der Waals surface area contributed by atoms with Crippen molar-refractivity contribution >= 4 is 23.5 Å². The van der Waals surface area contributed by atoms with Crippen LogP contribution in [-0.2, 0) is 9.63 Å². The first-order chi connectivity index (χ1) is 12.0. The maximum atomic E-state index is 11.6. The van der Waals surface area contributed by atoms with E-state index in [0.717, 1.165) is 17.5 Å². The Balaban J connectivity index is 1.69. The highest BCUT2D eigenvalue weighted by Crippen LogP contribution is 2.16. The van der Waals surface area contributed by atoms with Gasteiger partial charge in [-0.25, -0.2) is 0 Å². The molecule has 25 heavy (non-hydrogen) atoms. The number of nitrogens with zero attached hydrogens (tertiary/aromatic N) is 2. The van der Waals surface area contributed by atoms with Crippen LogP contribution in [0.1, 0.15) is 5.56 Å². The zero-order valence-corrected chi connectivity index (χ0v) is 13.5. The summed E-state index contributed by atoms with van der Waals surface area (Å²) < 4.78 is 5.44. The molecule has 8 heteroatoms. The molecule has 0 aliphatic rings. The van der Waals surface area contributed by atoms with Crippen molar-refractivity contribution in [3.05, 3.63) is 64.2 Å². The lowest BCUT2D eigenvalue weighted by Gasteiger charge is -2.05. The third-order valence-corrected chi connectivity index (χ3v) is 3.03. The highest BCUT2D eigenvalue weighted by molar-refractivity contribution is 6.31. The molecule has 0 aliphatic carbocycles. The second-order valence-corrected chi connectivity index (χ2v) is 5.03. The third-order valence-electron chi connectivity index (χ3n) is 3.03. The average Bonchev–Trinajstić information content (AvgIpc) is 2.59. The number of nitro groups is 1. The fourth-order valence-electron chi connectivity index (χ4n) is 1.84. The van der Waals surface area contributed by atoms with Crippen molar-refractivity contribution in [2.45, 2.75) is 6.92 Å². The van der Waals surface area contributed by atoms with Gasteiger partial charge < -0.3 is 14.9 Å². The Morgan fingerprint density at radius 2 is 2.00 bits per heavy atom. The van der Waals surface area contributed by atoms with E-state index in [2.05, 4.69) is 10.5 Å². The van der Waals surface area contributed by atoms with Gasteiger partial charge in [0.2, 0.25) is 0 Å². The fourth-order valence-corrected chi connectivity index (χ4v) is 1.84. The lowest BCUT2D eigenvalue weighted by Crippen LogP contribution is -2.13. The van der Waals surface area contributed by atoms with Gasteiger partial charge in [-0.3, -0.25) is 14.9 Å². The molecule has 2 aromatic rings. The van der Waals surface area contributed by atoms with Crippen molar-refractivity contribution in [3.63, 3.8) is 0 Å². The number of carbonyl (C=O) groups excluding carboxylic acids is 1. The molecule has 0 aliphatic heterocycles. The average molecular weight is 343 g/mol. The number of ether oxygens (including phenoxy) is 1. The quantitative estimate of drug-likeness (QED) is 0.343. The molecule has 0 saturated heterocycles. The van der Waals surface area contributed by atoms with Crippen molar-refractivity contribution in [3.8, 4) is 5.75 Å². The van der Waals surface area contributed by atoms with Crippen LogP contribution in [-0.4, -0.2) is 30.3 Å². The first-order valence-corrected chi connectivity index (χ1v) is 7.45. The summed E-state index contributed by atoms with van der Waals surface area (Å²) in [5, 5.41) is 16.6. The number of oxime groups is 1. The van der Waals surface area contributed by atoms with Crippen LogP contribution in [0.15, 0.2) is 53.7 Å². The first kappa shape index (κ1) is 17.9. The molecule has 0 fully saturated rings. The number of benzene rings is 2. The van der Waals surface area contributed by atoms with E-state index in [0.29, 0.717) is 5.69 Å². The SMILES string of the molecule is Cc1ccc(OCCO/N=C\C(=O)Nc2cccc([N+](=O)[O-])c2)cc1. The molecule has 0 radical (unpaired) electrons. The third kappa shape index (κ3) is 6.30. The number of nitro benzene ring substituents is 1. The molecule has 0 unspecified atom stereocenters. The first-order valence-electron chi connectivity index (χ1n) is 7.45. The summed E-state index contributed by atoms with van der Waals surface area (Å²) in [6.45, 7) is 2.45.